The number of hydrogen-bond acceptors (Lipinski definition) is 4. The van der Waals surface area contributed by atoms with E-state index in [1.54, 1.807) is 6.07 Å². The van der Waals surface area contributed by atoms with Crippen LogP contribution in [0.1, 0.15) is 52.8 Å². The molecule has 3 aromatic rings. The van der Waals surface area contributed by atoms with Gasteiger partial charge in [0.1, 0.15) is 5.69 Å². The smallest absolute Gasteiger partial charge is 0.269 e. The van der Waals surface area contributed by atoms with Gasteiger partial charge in [-0.1, -0.05) is 31.2 Å². The summed E-state index contributed by atoms with van der Waals surface area (Å²) in [6.07, 6.45) is 2.58. The normalized spacial score (nSPS) is 15.4. The number of aromatic nitrogens is 4. The average Bonchev–Trinajstić information content (AvgIpc) is 3.33. The van der Waals surface area contributed by atoms with Crippen molar-refractivity contribution in [2.24, 2.45) is 13.0 Å². The summed E-state index contributed by atoms with van der Waals surface area (Å²) in [5.74, 6) is 0.690. The number of aryl methyl sites for hydroxylation is 2. The lowest BCUT2D eigenvalue weighted by atomic mass is 9.99. The molecular weight excluding hydrogens is 388 g/mol. The maximum Gasteiger partial charge on any atom is 0.269 e. The molecule has 7 nitrogen and oxygen atoms in total. The molecule has 7 heteroatoms. The Kier molecular flexibility index (Phi) is 6.23. The zero-order chi connectivity index (χ0) is 22.0. The first-order valence-electron chi connectivity index (χ1n) is 11.0. The molecule has 1 amide bonds. The van der Waals surface area contributed by atoms with Gasteiger partial charge in [0.15, 0.2) is 0 Å². The van der Waals surface area contributed by atoms with Crippen molar-refractivity contribution in [3.05, 3.63) is 58.5 Å². The van der Waals surface area contributed by atoms with Crippen molar-refractivity contribution < 1.29 is 4.79 Å². The van der Waals surface area contributed by atoms with Crippen molar-refractivity contribution >= 4 is 5.91 Å². The van der Waals surface area contributed by atoms with Crippen LogP contribution < -0.4 is 5.32 Å². The summed E-state index contributed by atoms with van der Waals surface area (Å²) in [5, 5.41) is 14.6. The van der Waals surface area contributed by atoms with Crippen molar-refractivity contribution in [3.63, 3.8) is 0 Å². The van der Waals surface area contributed by atoms with Crippen LogP contribution in [0, 0.1) is 19.8 Å². The van der Waals surface area contributed by atoms with E-state index < -0.39 is 0 Å². The Bertz CT molecular complexity index is 1040. The molecule has 2 N–H and O–H groups in total. The number of H-pyrrole nitrogens is 1. The molecule has 1 saturated heterocycles. The Morgan fingerprint density at radius 2 is 1.84 bits per heavy atom. The van der Waals surface area contributed by atoms with Crippen LogP contribution in [-0.2, 0) is 20.1 Å². The molecule has 0 atom stereocenters. The number of nitrogens with one attached hydrogen (secondary N) is 2. The van der Waals surface area contributed by atoms with E-state index in [0.29, 0.717) is 12.2 Å². The second-order valence-corrected chi connectivity index (χ2v) is 8.79. The van der Waals surface area contributed by atoms with Gasteiger partial charge in [0, 0.05) is 31.4 Å². The Morgan fingerprint density at radius 3 is 2.48 bits per heavy atom. The van der Waals surface area contributed by atoms with Gasteiger partial charge >= 0.3 is 0 Å². The number of rotatable bonds is 6. The zero-order valence-corrected chi connectivity index (χ0v) is 18.9. The largest absolute Gasteiger partial charge is 0.347 e. The fourth-order valence-corrected chi connectivity index (χ4v) is 4.23. The SMILES string of the molecule is Cc1nn(C)c(C)c1-c1cc(C(=O)NCc2ccc(CN3CCC(C)CC3)cc2)[nH]n1. The Balaban J connectivity index is 1.32. The van der Waals surface area contributed by atoms with Crippen LogP contribution >= 0.6 is 0 Å². The standard InChI is InChI=1S/C24H32N6O/c1-16-9-11-30(12-10-16)15-20-7-5-19(6-8-20)14-25-24(31)22-13-21(26-27-22)23-17(2)28-29(4)18(23)3/h5-8,13,16H,9-12,14-15H2,1-4H3,(H,25,31)(H,26,27). The second kappa shape index (κ2) is 9.06. The minimum atomic E-state index is -0.163. The predicted molar refractivity (Wildman–Crippen MR) is 122 cm³/mol. The highest BCUT2D eigenvalue weighted by Gasteiger charge is 2.18. The first kappa shape index (κ1) is 21.3. The van der Waals surface area contributed by atoms with E-state index >= 15 is 0 Å². The molecule has 2 aromatic heterocycles. The molecule has 0 bridgehead atoms. The monoisotopic (exact) mass is 420 g/mol. The highest BCUT2D eigenvalue weighted by Crippen LogP contribution is 2.25. The van der Waals surface area contributed by atoms with Gasteiger partial charge in [-0.25, -0.2) is 0 Å². The first-order valence-corrected chi connectivity index (χ1v) is 11.0. The van der Waals surface area contributed by atoms with E-state index in [2.05, 4.69) is 56.7 Å². The minimum absolute atomic E-state index is 0.163. The molecule has 31 heavy (non-hydrogen) atoms. The lowest BCUT2D eigenvalue weighted by Gasteiger charge is -2.30. The van der Waals surface area contributed by atoms with Gasteiger partial charge in [-0.15, -0.1) is 0 Å². The first-order chi connectivity index (χ1) is 14.9. The molecule has 4 rings (SSSR count). The maximum atomic E-state index is 12.6. The van der Waals surface area contributed by atoms with Gasteiger partial charge in [-0.3, -0.25) is 19.5 Å². The maximum absolute atomic E-state index is 12.6. The van der Waals surface area contributed by atoms with Gasteiger partial charge < -0.3 is 5.32 Å². The summed E-state index contributed by atoms with van der Waals surface area (Å²) in [4.78, 5) is 15.1. The van der Waals surface area contributed by atoms with Crippen LogP contribution in [0.25, 0.3) is 11.3 Å². The fraction of sp³-hybridized carbons (Fsp3) is 0.458. The third kappa shape index (κ3) is 4.88. The van der Waals surface area contributed by atoms with Crippen molar-refractivity contribution in [1.82, 2.24) is 30.2 Å². The highest BCUT2D eigenvalue weighted by molar-refractivity contribution is 5.93. The molecule has 3 heterocycles. The molecule has 164 valence electrons. The number of carbonyl (C=O) groups excluding carboxylic acids is 1. The van der Waals surface area contributed by atoms with Crippen molar-refractivity contribution in [2.75, 3.05) is 13.1 Å². The van der Waals surface area contributed by atoms with Crippen LogP contribution in [-0.4, -0.2) is 43.9 Å². The summed E-state index contributed by atoms with van der Waals surface area (Å²) in [5.41, 5.74) is 6.50. The van der Waals surface area contributed by atoms with E-state index in [4.69, 9.17) is 0 Å². The molecule has 1 aliphatic rings. The molecule has 1 fully saturated rings. The minimum Gasteiger partial charge on any atom is -0.347 e. The van der Waals surface area contributed by atoms with Crippen LogP contribution in [0.3, 0.4) is 0 Å². The second-order valence-electron chi connectivity index (χ2n) is 8.79. The number of hydrogen-bond donors (Lipinski definition) is 2. The van der Waals surface area contributed by atoms with E-state index in [1.807, 2.05) is 25.6 Å². The number of carbonyl (C=O) groups is 1. The van der Waals surface area contributed by atoms with Gasteiger partial charge in [0.2, 0.25) is 0 Å². The van der Waals surface area contributed by atoms with Crippen molar-refractivity contribution in [2.45, 2.75) is 46.7 Å². The Hall–Kier alpha value is -2.93. The van der Waals surface area contributed by atoms with Crippen LogP contribution in [0.2, 0.25) is 0 Å². The molecular formula is C24H32N6O. The number of nitrogens with zero attached hydrogens (tertiary/aromatic N) is 4. The lowest BCUT2D eigenvalue weighted by Crippen LogP contribution is -2.32. The molecule has 1 aromatic carbocycles. The van der Waals surface area contributed by atoms with Gasteiger partial charge in [0.05, 0.1) is 11.4 Å². The summed E-state index contributed by atoms with van der Waals surface area (Å²) < 4.78 is 1.83. The van der Waals surface area contributed by atoms with Gasteiger partial charge in [0.25, 0.3) is 5.91 Å². The van der Waals surface area contributed by atoms with E-state index in [-0.39, 0.29) is 5.91 Å². The van der Waals surface area contributed by atoms with Gasteiger partial charge in [-0.05, 0) is 62.9 Å². The number of likely N-dealkylation sites (tertiary alicyclic amines) is 1. The van der Waals surface area contributed by atoms with E-state index in [9.17, 15) is 4.79 Å². The lowest BCUT2D eigenvalue weighted by molar-refractivity contribution is 0.0946. The summed E-state index contributed by atoms with van der Waals surface area (Å²) in [6, 6.07) is 10.3. The molecule has 0 saturated carbocycles. The number of amides is 1. The number of piperidine rings is 1. The van der Waals surface area contributed by atoms with Gasteiger partial charge in [-0.2, -0.15) is 10.2 Å². The van der Waals surface area contributed by atoms with Crippen LogP contribution in [0.15, 0.2) is 30.3 Å². The molecule has 0 spiro atoms. The quantitative estimate of drug-likeness (QED) is 0.639. The van der Waals surface area contributed by atoms with E-state index in [0.717, 1.165) is 40.7 Å². The molecule has 0 unspecified atom stereocenters. The average molecular weight is 421 g/mol. The fourth-order valence-electron chi connectivity index (χ4n) is 4.23. The van der Waals surface area contributed by atoms with Crippen molar-refractivity contribution in [3.8, 4) is 11.3 Å². The Morgan fingerprint density at radius 1 is 1.16 bits per heavy atom. The summed E-state index contributed by atoms with van der Waals surface area (Å²) in [6.45, 7) is 10.1. The molecule has 0 radical (unpaired) electrons. The topological polar surface area (TPSA) is 78.8 Å². The van der Waals surface area contributed by atoms with Crippen LogP contribution in [0.4, 0.5) is 0 Å². The molecule has 0 aliphatic carbocycles. The van der Waals surface area contributed by atoms with Crippen molar-refractivity contribution in [1.29, 1.82) is 0 Å². The summed E-state index contributed by atoms with van der Waals surface area (Å²) >= 11 is 0. The predicted octanol–water partition coefficient (Wildman–Crippen LogP) is 3.59. The zero-order valence-electron chi connectivity index (χ0n) is 18.9. The highest BCUT2D eigenvalue weighted by atomic mass is 16.1. The number of benzene rings is 1. The van der Waals surface area contributed by atoms with Crippen LogP contribution in [0.5, 0.6) is 0 Å². The summed E-state index contributed by atoms with van der Waals surface area (Å²) in [7, 11) is 1.91. The third-order valence-electron chi connectivity index (χ3n) is 6.35. The van der Waals surface area contributed by atoms with E-state index in [1.165, 1.54) is 31.5 Å². The molecule has 1 aliphatic heterocycles. The third-order valence-corrected chi connectivity index (χ3v) is 6.35. The number of aromatic amines is 1. The Labute approximate surface area is 183 Å².